The topological polar surface area (TPSA) is 61.8 Å². The summed E-state index contributed by atoms with van der Waals surface area (Å²) in [6, 6.07) is 4.81. The van der Waals surface area contributed by atoms with Crippen LogP contribution in [-0.4, -0.2) is 47.4 Å². The highest BCUT2D eigenvalue weighted by Gasteiger charge is 2.49. The summed E-state index contributed by atoms with van der Waals surface area (Å²) in [7, 11) is 2.90. The fourth-order valence-corrected chi connectivity index (χ4v) is 6.37. The van der Waals surface area contributed by atoms with E-state index in [4.69, 9.17) is 14.2 Å². The number of hydrogen-bond donors (Lipinski definition) is 0. The Hall–Kier alpha value is -1.36. The first-order chi connectivity index (χ1) is 12.8. The molecule has 0 fully saturated rings. The highest BCUT2D eigenvalue weighted by molar-refractivity contribution is 6.80. The van der Waals surface area contributed by atoms with Crippen LogP contribution in [0, 0.1) is 5.41 Å². The minimum atomic E-state index is -1.41. The SMILES string of the molecule is CCC(CC(CC=C=CC[Si](CC)(CC)CC)(C(=O)OC)C(=O)OC)OC. The summed E-state index contributed by atoms with van der Waals surface area (Å²) in [5.74, 6) is -1.19. The maximum absolute atomic E-state index is 12.5. The number of ether oxygens (including phenoxy) is 3. The van der Waals surface area contributed by atoms with Gasteiger partial charge in [0.15, 0.2) is 5.41 Å². The molecule has 1 unspecified atom stereocenters. The molecule has 0 spiro atoms. The summed E-state index contributed by atoms with van der Waals surface area (Å²) < 4.78 is 15.3. The zero-order valence-corrected chi connectivity index (χ0v) is 19.2. The summed E-state index contributed by atoms with van der Waals surface area (Å²) in [4.78, 5) is 25.1. The molecule has 0 aliphatic heterocycles. The largest absolute Gasteiger partial charge is 0.468 e. The van der Waals surface area contributed by atoms with Gasteiger partial charge in [-0.05, 0) is 31.0 Å². The van der Waals surface area contributed by atoms with Crippen LogP contribution in [0.2, 0.25) is 24.2 Å². The fourth-order valence-electron chi connectivity index (χ4n) is 3.45. The van der Waals surface area contributed by atoms with Gasteiger partial charge in [0.1, 0.15) is 0 Å². The highest BCUT2D eigenvalue weighted by Crippen LogP contribution is 2.34. The average Bonchev–Trinajstić information content (AvgIpc) is 2.72. The van der Waals surface area contributed by atoms with Gasteiger partial charge in [-0.3, -0.25) is 9.59 Å². The normalized spacial score (nSPS) is 12.7. The molecule has 0 saturated carbocycles. The van der Waals surface area contributed by atoms with Gasteiger partial charge >= 0.3 is 11.9 Å². The second-order valence-electron chi connectivity index (χ2n) is 7.08. The molecule has 0 heterocycles. The van der Waals surface area contributed by atoms with Crippen molar-refractivity contribution >= 4 is 20.0 Å². The van der Waals surface area contributed by atoms with Gasteiger partial charge in [-0.15, -0.1) is 5.73 Å². The Morgan fingerprint density at radius 2 is 1.48 bits per heavy atom. The van der Waals surface area contributed by atoms with E-state index in [0.717, 1.165) is 6.04 Å². The molecule has 27 heavy (non-hydrogen) atoms. The maximum atomic E-state index is 12.5. The van der Waals surface area contributed by atoms with Crippen LogP contribution in [0.5, 0.6) is 0 Å². The fraction of sp³-hybridized carbons (Fsp3) is 0.762. The van der Waals surface area contributed by atoms with Crippen molar-refractivity contribution < 1.29 is 23.8 Å². The minimum Gasteiger partial charge on any atom is -0.468 e. The third kappa shape index (κ3) is 6.94. The molecule has 1 atom stereocenters. The summed E-state index contributed by atoms with van der Waals surface area (Å²) in [5.41, 5.74) is 1.79. The molecular weight excluding hydrogens is 360 g/mol. The van der Waals surface area contributed by atoms with Crippen molar-refractivity contribution in [3.63, 3.8) is 0 Å². The number of carbonyl (C=O) groups is 2. The van der Waals surface area contributed by atoms with Crippen molar-refractivity contribution in [2.75, 3.05) is 21.3 Å². The van der Waals surface area contributed by atoms with Crippen LogP contribution in [0.3, 0.4) is 0 Å². The van der Waals surface area contributed by atoms with Crippen LogP contribution in [0.4, 0.5) is 0 Å². The summed E-state index contributed by atoms with van der Waals surface area (Å²) >= 11 is 0. The molecule has 0 bridgehead atoms. The van der Waals surface area contributed by atoms with E-state index in [-0.39, 0.29) is 18.9 Å². The molecule has 0 aliphatic rings. The number of rotatable bonds is 13. The molecule has 0 amide bonds. The zero-order chi connectivity index (χ0) is 20.9. The van der Waals surface area contributed by atoms with Crippen LogP contribution < -0.4 is 0 Å². The Morgan fingerprint density at radius 1 is 0.963 bits per heavy atom. The first-order valence-electron chi connectivity index (χ1n) is 9.94. The van der Waals surface area contributed by atoms with E-state index < -0.39 is 25.4 Å². The van der Waals surface area contributed by atoms with Crippen LogP contribution in [-0.2, 0) is 23.8 Å². The Morgan fingerprint density at radius 3 is 1.85 bits per heavy atom. The van der Waals surface area contributed by atoms with E-state index in [1.165, 1.54) is 32.4 Å². The van der Waals surface area contributed by atoms with Gasteiger partial charge in [0.25, 0.3) is 0 Å². The van der Waals surface area contributed by atoms with Crippen molar-refractivity contribution in [1.82, 2.24) is 0 Å². The quantitative estimate of drug-likeness (QED) is 0.194. The monoisotopic (exact) mass is 398 g/mol. The van der Waals surface area contributed by atoms with Crippen LogP contribution in [0.15, 0.2) is 17.9 Å². The van der Waals surface area contributed by atoms with Crippen molar-refractivity contribution in [1.29, 1.82) is 0 Å². The van der Waals surface area contributed by atoms with E-state index in [1.54, 1.807) is 13.2 Å². The van der Waals surface area contributed by atoms with Crippen molar-refractivity contribution in [2.45, 2.75) is 77.2 Å². The molecule has 0 N–H and O–H groups in total. The molecular formula is C21H38O5Si. The lowest BCUT2D eigenvalue weighted by atomic mass is 9.78. The number of methoxy groups -OCH3 is 3. The van der Waals surface area contributed by atoms with Gasteiger partial charge in [0.2, 0.25) is 0 Å². The third-order valence-corrected chi connectivity index (χ3v) is 11.6. The van der Waals surface area contributed by atoms with E-state index in [1.807, 2.05) is 6.92 Å². The minimum absolute atomic E-state index is 0.182. The lowest BCUT2D eigenvalue weighted by Crippen LogP contribution is -2.43. The smallest absolute Gasteiger partial charge is 0.323 e. The van der Waals surface area contributed by atoms with Crippen LogP contribution >= 0.6 is 0 Å². The molecule has 0 aromatic heterocycles. The summed E-state index contributed by atoms with van der Waals surface area (Å²) in [6.45, 7) is 8.76. The predicted molar refractivity (Wildman–Crippen MR) is 111 cm³/mol. The standard InChI is InChI=1S/C21H38O5Si/c1-8-18(24-5)17-21(19(22)25-6,20(23)26-7)15-13-12-14-16-27(9-2,10-3)11-4/h13-14,18H,8-11,15-17H2,1-7H3. The van der Waals surface area contributed by atoms with Crippen molar-refractivity contribution in [2.24, 2.45) is 5.41 Å². The average molecular weight is 399 g/mol. The number of hydrogen-bond acceptors (Lipinski definition) is 5. The van der Waals surface area contributed by atoms with Crippen LogP contribution in [0.1, 0.15) is 47.0 Å². The van der Waals surface area contributed by atoms with Gasteiger partial charge in [-0.1, -0.05) is 45.8 Å². The van der Waals surface area contributed by atoms with Crippen molar-refractivity contribution in [3.05, 3.63) is 17.9 Å². The lowest BCUT2D eigenvalue weighted by molar-refractivity contribution is -0.172. The summed E-state index contributed by atoms with van der Waals surface area (Å²) in [5, 5.41) is 0. The van der Waals surface area contributed by atoms with E-state index in [2.05, 4.69) is 32.6 Å². The number of esters is 2. The molecule has 0 saturated heterocycles. The number of carbonyl (C=O) groups excluding carboxylic acids is 2. The maximum Gasteiger partial charge on any atom is 0.323 e. The highest BCUT2D eigenvalue weighted by atomic mass is 28.3. The van der Waals surface area contributed by atoms with Crippen molar-refractivity contribution in [3.8, 4) is 0 Å². The second-order valence-corrected chi connectivity index (χ2v) is 12.6. The molecule has 0 rings (SSSR count). The summed E-state index contributed by atoms with van der Waals surface area (Å²) in [6.07, 6.45) is 4.67. The Kier molecular flexibility index (Phi) is 12.3. The molecule has 0 aliphatic carbocycles. The molecule has 0 radical (unpaired) electrons. The van der Waals surface area contributed by atoms with E-state index >= 15 is 0 Å². The van der Waals surface area contributed by atoms with E-state index in [0.29, 0.717) is 6.42 Å². The Labute approximate surface area is 166 Å². The lowest BCUT2D eigenvalue weighted by Gasteiger charge is -2.30. The molecule has 6 heteroatoms. The first-order valence-corrected chi connectivity index (χ1v) is 12.8. The third-order valence-electron chi connectivity index (χ3n) is 5.99. The molecule has 5 nitrogen and oxygen atoms in total. The van der Waals surface area contributed by atoms with Gasteiger partial charge < -0.3 is 14.2 Å². The molecule has 0 aromatic carbocycles. The second kappa shape index (κ2) is 12.9. The van der Waals surface area contributed by atoms with Crippen LogP contribution in [0.25, 0.3) is 0 Å². The molecule has 156 valence electrons. The van der Waals surface area contributed by atoms with E-state index in [9.17, 15) is 9.59 Å². The predicted octanol–water partition coefficient (Wildman–Crippen LogP) is 4.74. The Bertz CT molecular complexity index is 490. The zero-order valence-electron chi connectivity index (χ0n) is 18.2. The van der Waals surface area contributed by atoms with Gasteiger partial charge in [0, 0.05) is 13.5 Å². The van der Waals surface area contributed by atoms with Gasteiger partial charge in [-0.2, -0.15) is 0 Å². The first kappa shape index (κ1) is 25.6. The molecule has 0 aromatic rings. The number of allylic oxidation sites excluding steroid dienone is 1. The van der Waals surface area contributed by atoms with Gasteiger partial charge in [0.05, 0.1) is 28.4 Å². The van der Waals surface area contributed by atoms with Gasteiger partial charge in [-0.25, -0.2) is 0 Å². The Balaban J connectivity index is 5.60.